The van der Waals surface area contributed by atoms with Crippen molar-refractivity contribution < 1.29 is 85.6 Å². The molecule has 27 heteroatoms. The first kappa shape index (κ1) is 123. The van der Waals surface area contributed by atoms with Crippen molar-refractivity contribution in [3.8, 4) is 17.6 Å². The van der Waals surface area contributed by atoms with E-state index in [2.05, 4.69) is 38.0 Å². The molecule has 0 spiro atoms. The summed E-state index contributed by atoms with van der Waals surface area (Å²) in [5.74, 6) is 1.32. The Bertz CT molecular complexity index is 4210. The minimum absolute atomic E-state index is 0.00453. The number of nitriles is 1. The van der Waals surface area contributed by atoms with Crippen LogP contribution in [0.2, 0.25) is 5.02 Å². The number of Topliss-reactive ketones (excluding diaryl/α,β-unsaturated/α-hetero) is 6. The standard InChI is InChI=1S/C20H28N2O2.C19H26ClNO4.C19H35NO3.C19H35NO2.C16H29NO3.C13H24F2N2O2/c1-13(12-21)14-9-8-10-15(11-14)18(24)22-16(19(2,3)4)17(23)20(5,6)7;1-18(2,3)16(17(23)19(4,5)6)21-13(22)9-11-7-8-12-15(14(11)20)25-10-24-12;1-17(2,3)15(16(22)18(4,5)6)20-14(21)12-13-8-10-19(7,23)11-9-13;1-18(2,3)16(17(22)19(4,5)6)20-15(21)13-12-14-10-8-7-9-11-14;1-15(2,3)12(13(18)16(4,5)6)17-14(19)11-7-9-20-10-8-11;1-12(2,3)9(10(18)13(4,5)6)17-11(19)16-7-8(14)15/h8-11,13,16H,1-7H3,(H,22,24);7-8,16H,9-10H2,1-6H3,(H,21,22);13,15,23H,8-12H2,1-7H3,(H,20,21);14,16H,7-13H2,1-6H3,(H,20,21);11-12H,7-10H2,1-6H3,(H,17,19);8-9H,7H2,1-6H3,(H2,16,17,19). The molecule has 3 fully saturated rings. The Morgan fingerprint density at radius 3 is 1.23 bits per heavy atom. The second-order valence-electron chi connectivity index (χ2n) is 49.9. The Kier molecular flexibility index (Phi) is 46.8. The van der Waals surface area contributed by atoms with Gasteiger partial charge in [0.2, 0.25) is 30.4 Å². The van der Waals surface area contributed by atoms with Crippen molar-refractivity contribution in [2.75, 3.05) is 26.6 Å². The molecule has 2 saturated carbocycles. The third kappa shape index (κ3) is 44.1. The number of benzene rings is 2. The van der Waals surface area contributed by atoms with Crippen LogP contribution in [-0.2, 0) is 59.1 Å². The number of nitrogens with one attached hydrogen (secondary N) is 7. The fraction of sp³-hybridized carbons (Fsp3) is 0.764. The van der Waals surface area contributed by atoms with Crippen LogP contribution in [0.1, 0.15) is 380 Å². The molecule has 0 aromatic heterocycles. The predicted octanol–water partition coefficient (Wildman–Crippen LogP) is 20.9. The lowest BCUT2D eigenvalue weighted by atomic mass is 9.75. The van der Waals surface area contributed by atoms with Gasteiger partial charge in [-0.05, 0) is 132 Å². The predicted molar refractivity (Wildman–Crippen MR) is 527 cm³/mol. The van der Waals surface area contributed by atoms with Crippen molar-refractivity contribution in [3.63, 3.8) is 0 Å². The molecule has 2 aliphatic heterocycles. The minimum Gasteiger partial charge on any atom is -0.454 e. The lowest BCUT2D eigenvalue weighted by molar-refractivity contribution is -0.137. The molecule has 7 amide bonds. The van der Waals surface area contributed by atoms with Crippen LogP contribution in [0.5, 0.6) is 11.5 Å². The second kappa shape index (κ2) is 50.5. The highest BCUT2D eigenvalue weighted by molar-refractivity contribution is 6.33. The first-order valence-corrected chi connectivity index (χ1v) is 48.2. The van der Waals surface area contributed by atoms with E-state index >= 15 is 0 Å². The van der Waals surface area contributed by atoms with E-state index in [4.69, 9.17) is 31.1 Å². The average molecular weight is 1890 g/mol. The number of ether oxygens (including phenoxy) is 3. The number of fused-ring (bicyclic) bond motifs is 1. The van der Waals surface area contributed by atoms with Crippen LogP contribution in [0.3, 0.4) is 0 Å². The number of urea groups is 1. The van der Waals surface area contributed by atoms with Crippen molar-refractivity contribution in [2.24, 2.45) is 82.7 Å². The van der Waals surface area contributed by atoms with E-state index in [1.165, 1.54) is 32.1 Å². The van der Waals surface area contributed by atoms with E-state index in [0.29, 0.717) is 65.5 Å². The van der Waals surface area contributed by atoms with Crippen molar-refractivity contribution in [1.29, 1.82) is 5.26 Å². The number of alkyl halides is 2. The smallest absolute Gasteiger partial charge is 0.315 e. The first-order chi connectivity index (χ1) is 59.9. The average Bonchev–Trinajstić information content (AvgIpc) is 1.56. The van der Waals surface area contributed by atoms with Gasteiger partial charge in [-0.1, -0.05) is 311 Å². The third-order valence-corrected chi connectivity index (χ3v) is 24.3. The zero-order valence-electron chi connectivity index (χ0n) is 88.9. The van der Waals surface area contributed by atoms with Crippen molar-refractivity contribution in [2.45, 2.75) is 414 Å². The molecule has 8 N–H and O–H groups in total. The number of amides is 7. The summed E-state index contributed by atoms with van der Waals surface area (Å²) in [5, 5.41) is 38.7. The van der Waals surface area contributed by atoms with E-state index in [-0.39, 0.29) is 106 Å². The fourth-order valence-corrected chi connectivity index (χ4v) is 15.3. The van der Waals surface area contributed by atoms with Crippen LogP contribution in [0.25, 0.3) is 0 Å². The molecule has 0 radical (unpaired) electrons. The Morgan fingerprint density at radius 1 is 0.474 bits per heavy atom. The highest BCUT2D eigenvalue weighted by Gasteiger charge is 2.46. The zero-order valence-corrected chi connectivity index (χ0v) is 89.7. The number of nitrogens with zero attached hydrogens (tertiary/aromatic N) is 1. The summed E-state index contributed by atoms with van der Waals surface area (Å²) >= 11 is 6.31. The van der Waals surface area contributed by atoms with Gasteiger partial charge in [0, 0.05) is 70.0 Å². The van der Waals surface area contributed by atoms with Crippen LogP contribution in [0.15, 0.2) is 36.4 Å². The first-order valence-electron chi connectivity index (χ1n) is 47.9. The largest absolute Gasteiger partial charge is 0.454 e. The summed E-state index contributed by atoms with van der Waals surface area (Å²) in [4.78, 5) is 150. The van der Waals surface area contributed by atoms with E-state index in [0.717, 1.165) is 50.5 Å². The van der Waals surface area contributed by atoms with E-state index in [9.17, 15) is 71.4 Å². The molecule has 758 valence electrons. The maximum Gasteiger partial charge on any atom is 0.315 e. The van der Waals surface area contributed by atoms with Gasteiger partial charge >= 0.3 is 6.03 Å². The normalized spacial score (nSPS) is 18.2. The van der Waals surface area contributed by atoms with Crippen LogP contribution < -0.4 is 46.7 Å². The Hall–Kier alpha value is -7.76. The third-order valence-electron chi connectivity index (χ3n) is 23.9. The van der Waals surface area contributed by atoms with Gasteiger partial charge < -0.3 is 56.5 Å². The lowest BCUT2D eigenvalue weighted by Gasteiger charge is -2.36. The van der Waals surface area contributed by atoms with Crippen LogP contribution in [-0.4, -0.2) is 150 Å². The maximum absolute atomic E-state index is 12.7. The molecule has 2 aromatic rings. The van der Waals surface area contributed by atoms with Crippen molar-refractivity contribution in [3.05, 3.63) is 58.1 Å². The van der Waals surface area contributed by atoms with Gasteiger partial charge in [0.15, 0.2) is 46.2 Å². The van der Waals surface area contributed by atoms with Gasteiger partial charge in [-0.3, -0.25) is 52.7 Å². The van der Waals surface area contributed by atoms with E-state index in [1.54, 1.807) is 58.0 Å². The quantitative estimate of drug-likeness (QED) is 0.0484. The molecule has 2 heterocycles. The van der Waals surface area contributed by atoms with E-state index in [1.807, 2.05) is 247 Å². The molecule has 4 aliphatic rings. The molecule has 6 rings (SSSR count). The number of hydrogen-bond acceptors (Lipinski definition) is 17. The SMILES string of the molecule is CC(C#N)c1cccc(C(=O)NC(C(=O)C(C)(C)C)C(C)(C)C)c1.CC(C)(C)C(=O)C(NC(=O)C1CCOCC1)C(C)(C)C.CC(C)(C)C(=O)C(NC(=O)CCC1CCCCC1)C(C)(C)C.CC(C)(C)C(=O)C(NC(=O)Cc1ccc2c(c1Cl)OCO2)C(C)(C)C.CC(C)(C)C(=O)C(NC(=O)NCC(F)F)C(C)(C)C.CC1(O)CCC(CC(=O)NC(C(=O)C(C)(C)C)C(C)(C)C)CC1. The molecule has 7 atom stereocenters. The highest BCUT2D eigenvalue weighted by Crippen LogP contribution is 2.42. The molecule has 2 aromatic carbocycles. The zero-order chi connectivity index (χ0) is 104. The number of hydrogen-bond donors (Lipinski definition) is 8. The van der Waals surface area contributed by atoms with Gasteiger partial charge in [0.1, 0.15) is 0 Å². The number of halogens is 3. The summed E-state index contributed by atoms with van der Waals surface area (Å²) in [6.45, 7) is 72.9. The molecular formula is C106H177ClF2N8O16. The van der Waals surface area contributed by atoms with Crippen LogP contribution in [0.4, 0.5) is 13.6 Å². The number of carbonyl (C=O) groups is 12. The molecule has 24 nitrogen and oxygen atoms in total. The van der Waals surface area contributed by atoms with Gasteiger partial charge in [-0.2, -0.15) is 5.26 Å². The molecule has 133 heavy (non-hydrogen) atoms. The second-order valence-corrected chi connectivity index (χ2v) is 50.3. The lowest BCUT2D eigenvalue weighted by Crippen LogP contribution is -2.55. The summed E-state index contributed by atoms with van der Waals surface area (Å²) < 4.78 is 39.9. The molecule has 0 bridgehead atoms. The highest BCUT2D eigenvalue weighted by atomic mass is 35.5. The number of aliphatic hydroxyl groups is 1. The summed E-state index contributed by atoms with van der Waals surface area (Å²) in [5.41, 5.74) is -3.88. The fourth-order valence-electron chi connectivity index (χ4n) is 15.0. The Balaban J connectivity index is 0.000000800. The van der Waals surface area contributed by atoms with Gasteiger partial charge in [-0.25, -0.2) is 13.6 Å². The van der Waals surface area contributed by atoms with Gasteiger partial charge in [0.25, 0.3) is 12.3 Å². The number of carbonyl (C=O) groups excluding carboxylic acids is 12. The van der Waals surface area contributed by atoms with Crippen LogP contribution in [0, 0.1) is 94.1 Å². The van der Waals surface area contributed by atoms with Gasteiger partial charge in [-0.15, -0.1) is 0 Å². The molecule has 7 unspecified atom stereocenters. The Morgan fingerprint density at radius 2 is 0.850 bits per heavy atom. The van der Waals surface area contributed by atoms with E-state index < -0.39 is 110 Å². The van der Waals surface area contributed by atoms with Gasteiger partial charge in [0.05, 0.1) is 71.8 Å². The molecular weight excluding hydrogens is 1710 g/mol. The Labute approximate surface area is 804 Å². The molecule has 1 saturated heterocycles. The van der Waals surface area contributed by atoms with Crippen molar-refractivity contribution >= 4 is 81.9 Å². The summed E-state index contributed by atoms with van der Waals surface area (Å²) in [6.07, 6.45) is 10.6. The number of ketones is 6. The minimum atomic E-state index is -2.61. The summed E-state index contributed by atoms with van der Waals surface area (Å²) in [7, 11) is 0. The summed E-state index contributed by atoms with van der Waals surface area (Å²) in [6, 6.07) is 8.67. The van der Waals surface area contributed by atoms with Crippen LogP contribution >= 0.6 is 11.6 Å². The topological polar surface area (TPSA) is 361 Å². The molecule has 2 aliphatic carbocycles. The van der Waals surface area contributed by atoms with Crippen molar-refractivity contribution in [1.82, 2.24) is 37.2 Å². The number of rotatable bonds is 24. The maximum atomic E-state index is 12.7. The monoisotopic (exact) mass is 1890 g/mol.